The summed E-state index contributed by atoms with van der Waals surface area (Å²) in [7, 11) is 0. The third kappa shape index (κ3) is 2.96. The van der Waals surface area contributed by atoms with Gasteiger partial charge in [0.25, 0.3) is 0 Å². The first-order valence-electron chi connectivity index (χ1n) is 7.23. The maximum absolute atomic E-state index is 12.3. The van der Waals surface area contributed by atoms with Crippen LogP contribution in [0.3, 0.4) is 0 Å². The summed E-state index contributed by atoms with van der Waals surface area (Å²) in [6.07, 6.45) is 1.66. The number of aliphatic imine (C=N–C) groups is 1. The van der Waals surface area contributed by atoms with Crippen molar-refractivity contribution < 1.29 is 4.42 Å². The number of nitrogens with one attached hydrogen (secondary N) is 1. The highest BCUT2D eigenvalue weighted by Crippen LogP contribution is 2.25. The highest BCUT2D eigenvalue weighted by atomic mass is 16.4. The van der Waals surface area contributed by atoms with E-state index in [2.05, 4.69) is 27.0 Å². The van der Waals surface area contributed by atoms with Gasteiger partial charge in [-0.3, -0.25) is 4.99 Å². The molecule has 1 N–H and O–H groups in total. The van der Waals surface area contributed by atoms with E-state index in [1.165, 1.54) is 0 Å². The molecule has 0 aliphatic carbocycles. The number of aryl methyl sites for hydroxylation is 1. The molecule has 3 aromatic rings. The summed E-state index contributed by atoms with van der Waals surface area (Å²) >= 11 is 0. The van der Waals surface area contributed by atoms with Crippen LogP contribution in [0.15, 0.2) is 50.7 Å². The molecule has 0 aliphatic heterocycles. The van der Waals surface area contributed by atoms with Crippen LogP contribution in [0.5, 0.6) is 0 Å². The molecule has 6 heteroatoms. The van der Waals surface area contributed by atoms with Gasteiger partial charge in [0, 0.05) is 12.7 Å². The van der Waals surface area contributed by atoms with E-state index >= 15 is 0 Å². The smallest absolute Gasteiger partial charge is 0.347 e. The van der Waals surface area contributed by atoms with E-state index in [-0.39, 0.29) is 5.89 Å². The Morgan fingerprint density at radius 2 is 2.17 bits per heavy atom. The van der Waals surface area contributed by atoms with Crippen LogP contribution in [0, 0.1) is 6.92 Å². The van der Waals surface area contributed by atoms with Gasteiger partial charge in [-0.2, -0.15) is 0 Å². The lowest BCUT2D eigenvalue weighted by Crippen LogP contribution is -2.09. The molecule has 2 aromatic heterocycles. The van der Waals surface area contributed by atoms with E-state index in [4.69, 9.17) is 4.42 Å². The Bertz CT molecular complexity index is 918. The second-order valence-corrected chi connectivity index (χ2v) is 5.05. The summed E-state index contributed by atoms with van der Waals surface area (Å²) < 4.78 is 5.42. The van der Waals surface area contributed by atoms with Gasteiger partial charge in [-0.15, -0.1) is 0 Å². The molecule has 23 heavy (non-hydrogen) atoms. The Balaban J connectivity index is 2.11. The van der Waals surface area contributed by atoms with Crippen molar-refractivity contribution >= 4 is 23.4 Å². The molecule has 0 atom stereocenters. The molecule has 3 rings (SSSR count). The van der Waals surface area contributed by atoms with Crippen molar-refractivity contribution in [2.75, 3.05) is 18.4 Å². The normalized spacial score (nSPS) is 10.7. The van der Waals surface area contributed by atoms with Crippen LogP contribution in [0.25, 0.3) is 22.4 Å². The van der Waals surface area contributed by atoms with Crippen LogP contribution in [0.4, 0.5) is 5.82 Å². The van der Waals surface area contributed by atoms with Gasteiger partial charge in [0.2, 0.25) is 5.89 Å². The summed E-state index contributed by atoms with van der Waals surface area (Å²) in [5.74, 6) is 0.842. The lowest BCUT2D eigenvalue weighted by Gasteiger charge is -2.09. The highest BCUT2D eigenvalue weighted by Gasteiger charge is 2.13. The van der Waals surface area contributed by atoms with Crippen LogP contribution < -0.4 is 10.9 Å². The van der Waals surface area contributed by atoms with Gasteiger partial charge in [0.1, 0.15) is 5.82 Å². The maximum atomic E-state index is 12.3. The molecule has 6 nitrogen and oxygen atoms in total. The lowest BCUT2D eigenvalue weighted by atomic mass is 10.1. The number of hydrogen-bond donors (Lipinski definition) is 1. The minimum absolute atomic E-state index is 0.246. The quantitative estimate of drug-likeness (QED) is 0.579. The van der Waals surface area contributed by atoms with E-state index in [1.807, 2.05) is 25.1 Å². The molecule has 0 saturated carbocycles. The second-order valence-electron chi connectivity index (χ2n) is 5.05. The van der Waals surface area contributed by atoms with E-state index in [9.17, 15) is 4.79 Å². The van der Waals surface area contributed by atoms with Crippen LogP contribution >= 0.6 is 0 Å². The highest BCUT2D eigenvalue weighted by molar-refractivity contribution is 5.82. The first kappa shape index (κ1) is 14.9. The van der Waals surface area contributed by atoms with Gasteiger partial charge >= 0.3 is 5.63 Å². The Hall–Kier alpha value is -3.02. The standard InChI is InChI=1S/C17H16N4O2/c1-11-5-3-7-13-14(11)17(22)23-16(21-13)12-6-4-8-19-15(12)20-10-9-18-2/h3-8H,2,9-10H2,1H3,(H,19,20). The van der Waals surface area contributed by atoms with Gasteiger partial charge in [-0.1, -0.05) is 12.1 Å². The molecule has 0 saturated heterocycles. The molecule has 0 amide bonds. The number of pyridine rings is 1. The molecule has 0 radical (unpaired) electrons. The average Bonchev–Trinajstić information content (AvgIpc) is 2.55. The fourth-order valence-electron chi connectivity index (χ4n) is 2.37. The van der Waals surface area contributed by atoms with E-state index in [0.29, 0.717) is 35.4 Å². The Labute approximate surface area is 132 Å². The molecular formula is C17H16N4O2. The van der Waals surface area contributed by atoms with Crippen molar-refractivity contribution in [2.45, 2.75) is 6.92 Å². The van der Waals surface area contributed by atoms with Gasteiger partial charge < -0.3 is 9.73 Å². The van der Waals surface area contributed by atoms with Crippen LogP contribution in [-0.4, -0.2) is 29.8 Å². The maximum Gasteiger partial charge on any atom is 0.347 e. The van der Waals surface area contributed by atoms with Gasteiger partial charge in [0.15, 0.2) is 0 Å². The predicted octanol–water partition coefficient (Wildman–Crippen LogP) is 2.67. The number of aromatic nitrogens is 2. The van der Waals surface area contributed by atoms with Crippen molar-refractivity contribution in [1.82, 2.24) is 9.97 Å². The minimum atomic E-state index is -0.398. The number of benzene rings is 1. The fraction of sp³-hybridized carbons (Fsp3) is 0.176. The largest absolute Gasteiger partial charge is 0.403 e. The molecule has 0 unspecified atom stereocenters. The Kier molecular flexibility index (Phi) is 4.14. The molecule has 116 valence electrons. The first-order chi connectivity index (χ1) is 11.2. The zero-order valence-corrected chi connectivity index (χ0v) is 12.7. The van der Waals surface area contributed by atoms with Gasteiger partial charge in [-0.25, -0.2) is 14.8 Å². The van der Waals surface area contributed by atoms with Crippen molar-refractivity contribution in [2.24, 2.45) is 4.99 Å². The molecule has 0 spiro atoms. The number of fused-ring (bicyclic) bond motifs is 1. The molecule has 1 aromatic carbocycles. The van der Waals surface area contributed by atoms with Crippen molar-refractivity contribution in [3.8, 4) is 11.5 Å². The molecule has 0 aliphatic rings. The van der Waals surface area contributed by atoms with Crippen LogP contribution in [-0.2, 0) is 0 Å². The number of hydrogen-bond acceptors (Lipinski definition) is 6. The molecule has 0 bridgehead atoms. The SMILES string of the molecule is C=NCCNc1ncccc1-c1nc2cccc(C)c2c(=O)o1. The average molecular weight is 308 g/mol. The van der Waals surface area contributed by atoms with Crippen molar-refractivity contribution in [1.29, 1.82) is 0 Å². The van der Waals surface area contributed by atoms with Gasteiger partial charge in [0.05, 0.1) is 23.0 Å². The summed E-state index contributed by atoms with van der Waals surface area (Å²) in [6.45, 7) is 6.45. The summed E-state index contributed by atoms with van der Waals surface area (Å²) in [5, 5.41) is 3.65. The first-order valence-corrected chi connectivity index (χ1v) is 7.23. The number of anilines is 1. The van der Waals surface area contributed by atoms with E-state index in [0.717, 1.165) is 5.56 Å². The van der Waals surface area contributed by atoms with Crippen LogP contribution in [0.2, 0.25) is 0 Å². The monoisotopic (exact) mass is 308 g/mol. The third-order valence-electron chi connectivity index (χ3n) is 3.47. The summed E-state index contributed by atoms with van der Waals surface area (Å²) in [5.41, 5.74) is 1.69. The molecule has 0 fully saturated rings. The van der Waals surface area contributed by atoms with Crippen molar-refractivity contribution in [3.63, 3.8) is 0 Å². The van der Waals surface area contributed by atoms with E-state index < -0.39 is 5.63 Å². The lowest BCUT2D eigenvalue weighted by molar-refractivity contribution is 0.518. The topological polar surface area (TPSA) is 80.4 Å². The summed E-state index contributed by atoms with van der Waals surface area (Å²) in [4.78, 5) is 24.8. The second kappa shape index (κ2) is 6.39. The molecule has 2 heterocycles. The van der Waals surface area contributed by atoms with E-state index in [1.54, 1.807) is 18.3 Å². The third-order valence-corrected chi connectivity index (χ3v) is 3.47. The fourth-order valence-corrected chi connectivity index (χ4v) is 2.37. The van der Waals surface area contributed by atoms with Gasteiger partial charge in [-0.05, 0) is 37.4 Å². The molecular weight excluding hydrogens is 292 g/mol. The number of nitrogens with zero attached hydrogens (tertiary/aromatic N) is 3. The zero-order chi connectivity index (χ0) is 16.2. The van der Waals surface area contributed by atoms with Crippen molar-refractivity contribution in [3.05, 3.63) is 52.5 Å². The Morgan fingerprint density at radius 3 is 3.00 bits per heavy atom. The minimum Gasteiger partial charge on any atom is -0.403 e. The Morgan fingerprint density at radius 1 is 1.30 bits per heavy atom. The zero-order valence-electron chi connectivity index (χ0n) is 12.7. The van der Waals surface area contributed by atoms with Crippen LogP contribution in [0.1, 0.15) is 5.56 Å². The summed E-state index contributed by atoms with van der Waals surface area (Å²) in [6, 6.07) is 9.11. The predicted molar refractivity (Wildman–Crippen MR) is 91.2 cm³/mol. The number of rotatable bonds is 5.